The number of ether oxygens (including phenoxy) is 2. The zero-order valence-electron chi connectivity index (χ0n) is 16.4. The Labute approximate surface area is 155 Å². The molecule has 1 heterocycles. The van der Waals surface area contributed by atoms with Crippen molar-refractivity contribution in [3.05, 3.63) is 23.5 Å². The van der Waals surface area contributed by atoms with E-state index in [1.807, 2.05) is 40.1 Å². The van der Waals surface area contributed by atoms with Crippen LogP contribution in [0.5, 0.6) is 0 Å². The van der Waals surface area contributed by atoms with E-state index in [0.29, 0.717) is 18.3 Å². The summed E-state index contributed by atoms with van der Waals surface area (Å²) in [7, 11) is 3.21. The predicted molar refractivity (Wildman–Crippen MR) is 99.0 cm³/mol. The van der Waals surface area contributed by atoms with Crippen molar-refractivity contribution in [1.82, 2.24) is 15.2 Å². The molecule has 2 unspecified atom stereocenters. The van der Waals surface area contributed by atoms with Gasteiger partial charge in [-0.05, 0) is 58.1 Å². The molecule has 7 heteroatoms. The van der Waals surface area contributed by atoms with E-state index in [2.05, 4.69) is 10.6 Å². The molecule has 1 aromatic rings. The Balaban J connectivity index is 1.83. The second kappa shape index (κ2) is 8.58. The second-order valence-electron chi connectivity index (χ2n) is 7.92. The van der Waals surface area contributed by atoms with E-state index in [0.717, 1.165) is 31.2 Å². The molecule has 2 rings (SSSR count). The molecule has 7 nitrogen and oxygen atoms in total. The molecule has 2 atom stereocenters. The van der Waals surface area contributed by atoms with E-state index in [1.54, 1.807) is 4.57 Å². The molecule has 0 saturated heterocycles. The number of hydrogen-bond donors (Lipinski definition) is 2. The minimum absolute atomic E-state index is 0.123. The van der Waals surface area contributed by atoms with Gasteiger partial charge in [-0.1, -0.05) is 0 Å². The van der Waals surface area contributed by atoms with Crippen molar-refractivity contribution in [1.29, 1.82) is 0 Å². The summed E-state index contributed by atoms with van der Waals surface area (Å²) in [6.45, 7) is 6.26. The van der Waals surface area contributed by atoms with Gasteiger partial charge in [0.25, 0.3) is 0 Å². The van der Waals surface area contributed by atoms with E-state index < -0.39 is 5.60 Å². The molecule has 1 aliphatic rings. The predicted octanol–water partition coefficient (Wildman–Crippen LogP) is 2.74. The maximum Gasteiger partial charge on any atom is 0.407 e. The van der Waals surface area contributed by atoms with E-state index in [9.17, 15) is 9.59 Å². The zero-order chi connectivity index (χ0) is 19.3. The largest absolute Gasteiger partial charge is 0.464 e. The lowest BCUT2D eigenvalue weighted by Gasteiger charge is -2.31. The molecule has 0 aliphatic heterocycles. The zero-order valence-corrected chi connectivity index (χ0v) is 16.4. The maximum absolute atomic E-state index is 11.9. The van der Waals surface area contributed by atoms with Gasteiger partial charge in [0, 0.05) is 31.9 Å². The van der Waals surface area contributed by atoms with Gasteiger partial charge in [-0.15, -0.1) is 0 Å². The minimum atomic E-state index is -0.485. The molecule has 1 amide bonds. The number of hydrogen-bond acceptors (Lipinski definition) is 5. The van der Waals surface area contributed by atoms with Gasteiger partial charge in [-0.2, -0.15) is 0 Å². The highest BCUT2D eigenvalue weighted by molar-refractivity contribution is 5.87. The van der Waals surface area contributed by atoms with Gasteiger partial charge in [-0.3, -0.25) is 0 Å². The Morgan fingerprint density at radius 1 is 1.27 bits per heavy atom. The molecule has 1 fully saturated rings. The van der Waals surface area contributed by atoms with Crippen LogP contribution < -0.4 is 10.6 Å². The van der Waals surface area contributed by atoms with Crippen LogP contribution in [0.2, 0.25) is 0 Å². The number of rotatable bonds is 5. The Hall–Kier alpha value is -2.02. The number of nitrogens with one attached hydrogen (secondary N) is 2. The number of aromatic nitrogens is 1. The van der Waals surface area contributed by atoms with Gasteiger partial charge < -0.3 is 24.7 Å². The first-order valence-corrected chi connectivity index (χ1v) is 9.14. The van der Waals surface area contributed by atoms with Crippen molar-refractivity contribution < 1.29 is 19.1 Å². The Kier molecular flexibility index (Phi) is 6.69. The summed E-state index contributed by atoms with van der Waals surface area (Å²) in [5.41, 5.74) is 1.09. The van der Waals surface area contributed by atoms with Gasteiger partial charge in [-0.25, -0.2) is 9.59 Å². The van der Waals surface area contributed by atoms with Gasteiger partial charge in [0.15, 0.2) is 0 Å². The normalized spacial score (nSPS) is 20.5. The summed E-state index contributed by atoms with van der Waals surface area (Å²) >= 11 is 0. The quantitative estimate of drug-likeness (QED) is 0.784. The van der Waals surface area contributed by atoms with Crippen molar-refractivity contribution in [2.24, 2.45) is 7.05 Å². The third-order valence-electron chi connectivity index (χ3n) is 4.45. The second-order valence-corrected chi connectivity index (χ2v) is 7.92. The number of methoxy groups -OCH3 is 1. The van der Waals surface area contributed by atoms with Crippen LogP contribution in [-0.2, 0) is 23.1 Å². The van der Waals surface area contributed by atoms with Crippen molar-refractivity contribution in [2.75, 3.05) is 7.11 Å². The molecule has 2 N–H and O–H groups in total. The number of carbonyl (C=O) groups excluding carboxylic acids is 2. The Morgan fingerprint density at radius 3 is 2.62 bits per heavy atom. The fraction of sp³-hybridized carbons (Fsp3) is 0.684. The molecule has 0 spiro atoms. The highest BCUT2D eigenvalue weighted by Crippen LogP contribution is 2.20. The number of alkyl carbamates (subject to hydrolysis) is 1. The number of amides is 1. The van der Waals surface area contributed by atoms with Crippen LogP contribution in [0.4, 0.5) is 4.79 Å². The van der Waals surface area contributed by atoms with Crippen LogP contribution in [0.25, 0.3) is 0 Å². The molecule has 0 aromatic carbocycles. The number of esters is 1. The van der Waals surface area contributed by atoms with Gasteiger partial charge in [0.2, 0.25) is 0 Å². The standard InChI is InChI=1S/C19H31N3O4/c1-19(2,3)26-18(24)21-15-8-6-7-14(10-15)20-11-13-9-16(17(23)25-5)22(4)12-13/h9,12,14-15,20H,6-8,10-11H2,1-5H3,(H,21,24). The third kappa shape index (κ3) is 6.05. The smallest absolute Gasteiger partial charge is 0.407 e. The lowest BCUT2D eigenvalue weighted by atomic mass is 9.91. The highest BCUT2D eigenvalue weighted by atomic mass is 16.6. The van der Waals surface area contributed by atoms with Crippen molar-refractivity contribution >= 4 is 12.1 Å². The summed E-state index contributed by atoms with van der Waals surface area (Å²) in [6, 6.07) is 2.29. The summed E-state index contributed by atoms with van der Waals surface area (Å²) in [4.78, 5) is 23.6. The van der Waals surface area contributed by atoms with Crippen LogP contribution in [0.3, 0.4) is 0 Å². The van der Waals surface area contributed by atoms with E-state index in [1.165, 1.54) is 7.11 Å². The van der Waals surface area contributed by atoms with Crippen molar-refractivity contribution in [3.8, 4) is 0 Å². The van der Waals surface area contributed by atoms with Gasteiger partial charge in [0.1, 0.15) is 11.3 Å². The monoisotopic (exact) mass is 365 g/mol. The van der Waals surface area contributed by atoms with Crippen LogP contribution in [-0.4, -0.2) is 41.4 Å². The number of nitrogens with zero attached hydrogens (tertiary/aromatic N) is 1. The number of carbonyl (C=O) groups is 2. The summed E-state index contributed by atoms with van der Waals surface area (Å²) in [6.07, 6.45) is 5.54. The third-order valence-corrected chi connectivity index (χ3v) is 4.45. The minimum Gasteiger partial charge on any atom is -0.464 e. The van der Waals surface area contributed by atoms with Crippen molar-refractivity contribution in [3.63, 3.8) is 0 Å². The molecule has 0 radical (unpaired) electrons. The van der Waals surface area contributed by atoms with Crippen LogP contribution in [0, 0.1) is 0 Å². The molecule has 0 bridgehead atoms. The van der Waals surface area contributed by atoms with Crippen LogP contribution in [0.15, 0.2) is 12.3 Å². The van der Waals surface area contributed by atoms with Crippen LogP contribution in [0.1, 0.15) is 62.5 Å². The summed E-state index contributed by atoms with van der Waals surface area (Å²) in [5.74, 6) is -0.335. The van der Waals surface area contributed by atoms with E-state index in [-0.39, 0.29) is 18.1 Å². The summed E-state index contributed by atoms with van der Waals surface area (Å²) in [5, 5.41) is 6.50. The van der Waals surface area contributed by atoms with Crippen LogP contribution >= 0.6 is 0 Å². The van der Waals surface area contributed by atoms with Gasteiger partial charge >= 0.3 is 12.1 Å². The molecular formula is C19H31N3O4. The first-order valence-electron chi connectivity index (χ1n) is 9.14. The lowest BCUT2D eigenvalue weighted by Crippen LogP contribution is -2.45. The fourth-order valence-electron chi connectivity index (χ4n) is 3.28. The Bertz CT molecular complexity index is 633. The maximum atomic E-state index is 11.9. The topological polar surface area (TPSA) is 81.6 Å². The highest BCUT2D eigenvalue weighted by Gasteiger charge is 2.25. The first kappa shape index (κ1) is 20.3. The molecule has 1 aromatic heterocycles. The first-order chi connectivity index (χ1) is 12.2. The number of aryl methyl sites for hydroxylation is 1. The molecule has 1 saturated carbocycles. The molecule has 1 aliphatic carbocycles. The van der Waals surface area contributed by atoms with E-state index in [4.69, 9.17) is 9.47 Å². The molecule has 26 heavy (non-hydrogen) atoms. The average Bonchev–Trinajstić information content (AvgIpc) is 2.91. The summed E-state index contributed by atoms with van der Waals surface area (Å²) < 4.78 is 11.9. The lowest BCUT2D eigenvalue weighted by molar-refractivity contribution is 0.0487. The van der Waals surface area contributed by atoms with E-state index >= 15 is 0 Å². The Morgan fingerprint density at radius 2 is 1.96 bits per heavy atom. The average molecular weight is 365 g/mol. The van der Waals surface area contributed by atoms with Gasteiger partial charge in [0.05, 0.1) is 7.11 Å². The molecule has 146 valence electrons. The molecular weight excluding hydrogens is 334 g/mol. The fourth-order valence-corrected chi connectivity index (χ4v) is 3.28. The SMILES string of the molecule is COC(=O)c1cc(CNC2CCCC(NC(=O)OC(C)(C)C)C2)cn1C. The van der Waals surface area contributed by atoms with Crippen molar-refractivity contribution in [2.45, 2.75) is 70.7 Å².